The predicted molar refractivity (Wildman–Crippen MR) is 65.6 cm³/mol. The van der Waals surface area contributed by atoms with Crippen molar-refractivity contribution in [3.8, 4) is 5.75 Å². The Balaban J connectivity index is 2.22. The SMILES string of the molecule is COc1ccc2c(N)nc(C3(N)CC3)nc2c1. The normalized spacial score (nSPS) is 17.1. The lowest BCUT2D eigenvalue weighted by molar-refractivity contribution is 0.415. The van der Waals surface area contributed by atoms with Gasteiger partial charge in [0.25, 0.3) is 0 Å². The van der Waals surface area contributed by atoms with Crippen LogP contribution in [0.1, 0.15) is 18.7 Å². The molecule has 1 saturated carbocycles. The highest BCUT2D eigenvalue weighted by atomic mass is 16.5. The number of rotatable bonds is 2. The second-order valence-electron chi connectivity index (χ2n) is 4.47. The maximum absolute atomic E-state index is 6.09. The van der Waals surface area contributed by atoms with E-state index < -0.39 is 0 Å². The zero-order valence-corrected chi connectivity index (χ0v) is 9.60. The molecule has 0 unspecified atom stereocenters. The molecule has 3 rings (SSSR count). The summed E-state index contributed by atoms with van der Waals surface area (Å²) in [7, 11) is 1.62. The molecule has 1 heterocycles. The van der Waals surface area contributed by atoms with Crippen LogP contribution in [0.2, 0.25) is 0 Å². The molecule has 0 amide bonds. The van der Waals surface area contributed by atoms with Gasteiger partial charge in [0.2, 0.25) is 0 Å². The summed E-state index contributed by atoms with van der Waals surface area (Å²) in [6.07, 6.45) is 1.84. The molecule has 0 atom stereocenters. The van der Waals surface area contributed by atoms with Crippen molar-refractivity contribution in [1.82, 2.24) is 9.97 Å². The van der Waals surface area contributed by atoms with E-state index in [1.165, 1.54) is 0 Å². The van der Waals surface area contributed by atoms with Crippen LogP contribution in [-0.4, -0.2) is 17.1 Å². The van der Waals surface area contributed by atoms with E-state index in [9.17, 15) is 0 Å². The Morgan fingerprint density at radius 3 is 2.71 bits per heavy atom. The summed E-state index contributed by atoms with van der Waals surface area (Å²) in [6, 6.07) is 5.56. The molecule has 1 aromatic carbocycles. The number of nitrogens with two attached hydrogens (primary N) is 2. The molecule has 0 aliphatic heterocycles. The molecule has 4 N–H and O–H groups in total. The second-order valence-corrected chi connectivity index (χ2v) is 4.47. The molecule has 2 aromatic rings. The maximum Gasteiger partial charge on any atom is 0.151 e. The van der Waals surface area contributed by atoms with Gasteiger partial charge in [-0.15, -0.1) is 0 Å². The number of benzene rings is 1. The first-order valence-corrected chi connectivity index (χ1v) is 5.53. The molecule has 17 heavy (non-hydrogen) atoms. The maximum atomic E-state index is 6.09. The third-order valence-electron chi connectivity index (χ3n) is 3.17. The van der Waals surface area contributed by atoms with Crippen LogP contribution in [0.3, 0.4) is 0 Å². The molecule has 1 aliphatic rings. The average Bonchev–Trinajstić information content (AvgIpc) is 3.08. The Morgan fingerprint density at radius 2 is 2.06 bits per heavy atom. The van der Waals surface area contributed by atoms with E-state index in [4.69, 9.17) is 16.2 Å². The Morgan fingerprint density at radius 1 is 1.29 bits per heavy atom. The number of nitrogens with zero attached hydrogens (tertiary/aromatic N) is 2. The van der Waals surface area contributed by atoms with E-state index in [0.717, 1.165) is 29.5 Å². The summed E-state index contributed by atoms with van der Waals surface area (Å²) in [6.45, 7) is 0. The molecule has 1 fully saturated rings. The summed E-state index contributed by atoms with van der Waals surface area (Å²) in [4.78, 5) is 8.77. The van der Waals surface area contributed by atoms with Gasteiger partial charge in [-0.2, -0.15) is 0 Å². The van der Waals surface area contributed by atoms with E-state index in [1.807, 2.05) is 18.2 Å². The van der Waals surface area contributed by atoms with Crippen LogP contribution in [0.15, 0.2) is 18.2 Å². The summed E-state index contributed by atoms with van der Waals surface area (Å²) in [5.74, 6) is 1.86. The Hall–Kier alpha value is -1.88. The fourth-order valence-corrected chi connectivity index (χ4v) is 1.84. The van der Waals surface area contributed by atoms with Gasteiger partial charge in [0, 0.05) is 11.5 Å². The van der Waals surface area contributed by atoms with E-state index in [0.29, 0.717) is 11.6 Å². The number of hydrogen-bond donors (Lipinski definition) is 2. The minimum absolute atomic E-state index is 0.370. The van der Waals surface area contributed by atoms with Crippen LogP contribution in [0, 0.1) is 0 Å². The van der Waals surface area contributed by atoms with Crippen molar-refractivity contribution in [3.05, 3.63) is 24.0 Å². The largest absolute Gasteiger partial charge is 0.497 e. The van der Waals surface area contributed by atoms with Crippen molar-refractivity contribution in [2.24, 2.45) is 5.73 Å². The molecule has 5 heteroatoms. The van der Waals surface area contributed by atoms with Gasteiger partial charge in [-0.25, -0.2) is 9.97 Å². The quantitative estimate of drug-likeness (QED) is 0.808. The molecule has 1 aromatic heterocycles. The van der Waals surface area contributed by atoms with Crippen molar-refractivity contribution in [2.45, 2.75) is 18.4 Å². The highest BCUT2D eigenvalue weighted by molar-refractivity contribution is 5.89. The standard InChI is InChI=1S/C12H14N4O/c1-17-7-2-3-8-9(6-7)15-11(16-10(8)13)12(14)4-5-12/h2-3,6H,4-5,14H2,1H3,(H2,13,15,16). The lowest BCUT2D eigenvalue weighted by Crippen LogP contribution is -2.22. The Kier molecular flexibility index (Phi) is 2.00. The van der Waals surface area contributed by atoms with Gasteiger partial charge in [-0.05, 0) is 25.0 Å². The van der Waals surface area contributed by atoms with Crippen LogP contribution in [0.4, 0.5) is 5.82 Å². The van der Waals surface area contributed by atoms with Crippen LogP contribution < -0.4 is 16.2 Å². The molecule has 0 radical (unpaired) electrons. The molecule has 1 aliphatic carbocycles. The molecular formula is C12H14N4O. The zero-order chi connectivity index (χ0) is 12.0. The predicted octanol–water partition coefficient (Wildman–Crippen LogP) is 1.17. The van der Waals surface area contributed by atoms with Gasteiger partial charge in [0.05, 0.1) is 18.2 Å². The number of nitrogen functional groups attached to an aromatic ring is 1. The molecule has 0 bridgehead atoms. The van der Waals surface area contributed by atoms with E-state index in [-0.39, 0.29) is 5.54 Å². The van der Waals surface area contributed by atoms with Crippen LogP contribution >= 0.6 is 0 Å². The molecule has 88 valence electrons. The Bertz CT molecular complexity index is 592. The first kappa shape index (κ1) is 10.3. The fourth-order valence-electron chi connectivity index (χ4n) is 1.84. The third-order valence-corrected chi connectivity index (χ3v) is 3.17. The van der Waals surface area contributed by atoms with Crippen molar-refractivity contribution >= 4 is 16.7 Å². The highest BCUT2D eigenvalue weighted by Gasteiger charge is 2.43. The van der Waals surface area contributed by atoms with Crippen molar-refractivity contribution < 1.29 is 4.74 Å². The Labute approximate surface area is 98.8 Å². The number of hydrogen-bond acceptors (Lipinski definition) is 5. The minimum atomic E-state index is -0.370. The summed E-state index contributed by atoms with van der Waals surface area (Å²) >= 11 is 0. The lowest BCUT2D eigenvalue weighted by atomic mass is 10.2. The van der Waals surface area contributed by atoms with Crippen molar-refractivity contribution in [2.75, 3.05) is 12.8 Å². The summed E-state index contributed by atoms with van der Waals surface area (Å²) in [5, 5.41) is 0.832. The lowest BCUT2D eigenvalue weighted by Gasteiger charge is -2.10. The van der Waals surface area contributed by atoms with E-state index >= 15 is 0 Å². The number of fused-ring (bicyclic) bond motifs is 1. The minimum Gasteiger partial charge on any atom is -0.497 e. The number of methoxy groups -OCH3 is 1. The van der Waals surface area contributed by atoms with Crippen LogP contribution in [-0.2, 0) is 5.54 Å². The molecule has 0 spiro atoms. The third kappa shape index (κ3) is 1.59. The zero-order valence-electron chi connectivity index (χ0n) is 9.60. The average molecular weight is 230 g/mol. The fraction of sp³-hybridized carbons (Fsp3) is 0.333. The highest BCUT2D eigenvalue weighted by Crippen LogP contribution is 2.41. The topological polar surface area (TPSA) is 87.0 Å². The van der Waals surface area contributed by atoms with E-state index in [2.05, 4.69) is 9.97 Å². The van der Waals surface area contributed by atoms with Gasteiger partial charge in [-0.3, -0.25) is 0 Å². The monoisotopic (exact) mass is 230 g/mol. The number of anilines is 1. The first-order valence-electron chi connectivity index (χ1n) is 5.53. The van der Waals surface area contributed by atoms with Gasteiger partial charge in [-0.1, -0.05) is 0 Å². The van der Waals surface area contributed by atoms with E-state index in [1.54, 1.807) is 7.11 Å². The molecular weight excluding hydrogens is 216 g/mol. The van der Waals surface area contributed by atoms with Crippen molar-refractivity contribution in [3.63, 3.8) is 0 Å². The second kappa shape index (κ2) is 3.30. The van der Waals surface area contributed by atoms with Gasteiger partial charge in [0.15, 0.2) is 5.82 Å². The van der Waals surface area contributed by atoms with Crippen molar-refractivity contribution in [1.29, 1.82) is 0 Å². The van der Waals surface area contributed by atoms with Gasteiger partial charge < -0.3 is 16.2 Å². The first-order chi connectivity index (χ1) is 8.12. The van der Waals surface area contributed by atoms with Gasteiger partial charge in [0.1, 0.15) is 11.6 Å². The molecule has 0 saturated heterocycles. The smallest absolute Gasteiger partial charge is 0.151 e. The van der Waals surface area contributed by atoms with Crippen LogP contribution in [0.25, 0.3) is 10.9 Å². The molecule has 5 nitrogen and oxygen atoms in total. The summed E-state index contributed by atoms with van der Waals surface area (Å²) < 4.78 is 5.17. The number of ether oxygens (including phenoxy) is 1. The van der Waals surface area contributed by atoms with Crippen LogP contribution in [0.5, 0.6) is 5.75 Å². The number of aromatic nitrogens is 2. The summed E-state index contributed by atoms with van der Waals surface area (Å²) in [5.41, 5.74) is 12.4. The van der Waals surface area contributed by atoms with Gasteiger partial charge >= 0.3 is 0 Å².